The van der Waals surface area contributed by atoms with Gasteiger partial charge < -0.3 is 5.73 Å². The van der Waals surface area contributed by atoms with Crippen LogP contribution in [0.5, 0.6) is 0 Å². The van der Waals surface area contributed by atoms with Gasteiger partial charge in [-0.05, 0) is 49.4 Å². The lowest BCUT2D eigenvalue weighted by atomic mass is 10.2. The fraction of sp³-hybridized carbons (Fsp3) is 0.400. The maximum absolute atomic E-state index is 14.3. The number of halogens is 1. The zero-order valence-electron chi connectivity index (χ0n) is 12.7. The van der Waals surface area contributed by atoms with E-state index in [1.165, 1.54) is 16.8 Å². The molecule has 1 unspecified atom stereocenters. The summed E-state index contributed by atoms with van der Waals surface area (Å²) in [6.07, 6.45) is 5.21. The van der Waals surface area contributed by atoms with Gasteiger partial charge >= 0.3 is 0 Å². The van der Waals surface area contributed by atoms with Crippen LogP contribution in [0.1, 0.15) is 18.4 Å². The highest BCUT2D eigenvalue weighted by Gasteiger charge is 2.33. The Hall–Kier alpha value is -1.77. The summed E-state index contributed by atoms with van der Waals surface area (Å²) >= 11 is 0. The summed E-state index contributed by atoms with van der Waals surface area (Å²) in [7, 11) is -3.79. The molecule has 0 aliphatic heterocycles. The molecular formula is C15H19FN4O2S. The summed E-state index contributed by atoms with van der Waals surface area (Å²) in [6, 6.07) is 3.50. The van der Waals surface area contributed by atoms with Crippen molar-refractivity contribution in [3.63, 3.8) is 0 Å². The van der Waals surface area contributed by atoms with E-state index in [0.717, 1.165) is 24.5 Å². The van der Waals surface area contributed by atoms with Crippen LogP contribution in [-0.2, 0) is 10.0 Å². The Morgan fingerprint density at radius 1 is 1.48 bits per heavy atom. The molecule has 0 bridgehead atoms. The minimum absolute atomic E-state index is 0.110. The highest BCUT2D eigenvalue weighted by Crippen LogP contribution is 2.33. The van der Waals surface area contributed by atoms with Crippen molar-refractivity contribution in [3.8, 4) is 5.69 Å². The molecule has 124 valence electrons. The summed E-state index contributed by atoms with van der Waals surface area (Å²) in [5.74, 6) is -0.363. The van der Waals surface area contributed by atoms with E-state index in [1.54, 1.807) is 12.4 Å². The minimum atomic E-state index is -3.79. The fourth-order valence-electron chi connectivity index (χ4n) is 2.49. The lowest BCUT2D eigenvalue weighted by Gasteiger charge is -2.16. The third-order valence-corrected chi connectivity index (χ3v) is 5.43. The molecule has 1 heterocycles. The van der Waals surface area contributed by atoms with E-state index >= 15 is 0 Å². The maximum Gasteiger partial charge on any atom is 0.240 e. The smallest absolute Gasteiger partial charge is 0.240 e. The van der Waals surface area contributed by atoms with E-state index in [0.29, 0.717) is 0 Å². The molecule has 1 aliphatic rings. The monoisotopic (exact) mass is 338 g/mol. The van der Waals surface area contributed by atoms with Crippen molar-refractivity contribution in [3.05, 3.63) is 42.0 Å². The van der Waals surface area contributed by atoms with Gasteiger partial charge in [0.1, 0.15) is 11.5 Å². The van der Waals surface area contributed by atoms with Crippen molar-refractivity contribution in [1.29, 1.82) is 0 Å². The van der Waals surface area contributed by atoms with Crippen molar-refractivity contribution in [1.82, 2.24) is 14.5 Å². The fourth-order valence-corrected chi connectivity index (χ4v) is 3.82. The topological polar surface area (TPSA) is 90.0 Å². The number of aromatic nitrogens is 2. The van der Waals surface area contributed by atoms with Crippen LogP contribution in [-0.4, -0.2) is 30.8 Å². The van der Waals surface area contributed by atoms with E-state index in [9.17, 15) is 12.8 Å². The van der Waals surface area contributed by atoms with Crippen LogP contribution in [0.4, 0.5) is 4.39 Å². The van der Waals surface area contributed by atoms with Crippen molar-refractivity contribution in [2.24, 2.45) is 11.7 Å². The molecule has 0 spiro atoms. The average Bonchev–Trinajstić information content (AvgIpc) is 3.26. The molecule has 3 rings (SSSR count). The van der Waals surface area contributed by atoms with Gasteiger partial charge in [0.25, 0.3) is 0 Å². The van der Waals surface area contributed by atoms with E-state index in [-0.39, 0.29) is 29.1 Å². The molecular weight excluding hydrogens is 319 g/mol. The summed E-state index contributed by atoms with van der Waals surface area (Å²) in [4.78, 5) is -0.110. The predicted molar refractivity (Wildman–Crippen MR) is 84.1 cm³/mol. The van der Waals surface area contributed by atoms with Crippen molar-refractivity contribution in [2.45, 2.75) is 30.7 Å². The number of hydrogen-bond donors (Lipinski definition) is 2. The van der Waals surface area contributed by atoms with Crippen LogP contribution in [0, 0.1) is 18.7 Å². The Morgan fingerprint density at radius 2 is 2.22 bits per heavy atom. The average molecular weight is 338 g/mol. The SMILES string of the molecule is Cc1cnn(-c2ccc(S(=O)(=O)NC(CN)C3CC3)cc2F)c1. The number of nitrogens with zero attached hydrogens (tertiary/aromatic N) is 2. The van der Waals surface area contributed by atoms with Gasteiger partial charge in [-0.2, -0.15) is 5.10 Å². The zero-order chi connectivity index (χ0) is 16.6. The molecule has 3 N–H and O–H groups in total. The van der Waals surface area contributed by atoms with Crippen LogP contribution in [0.3, 0.4) is 0 Å². The first-order valence-electron chi connectivity index (χ1n) is 7.44. The van der Waals surface area contributed by atoms with Gasteiger partial charge in [-0.15, -0.1) is 0 Å². The lowest BCUT2D eigenvalue weighted by molar-refractivity contribution is 0.518. The standard InChI is InChI=1S/C15H19FN4O2S/c1-10-8-18-20(9-10)15-5-4-12(6-13(15)16)23(21,22)19-14(7-17)11-2-3-11/h4-6,8-9,11,14,19H,2-3,7,17H2,1H3. The molecule has 0 radical (unpaired) electrons. The third-order valence-electron chi connectivity index (χ3n) is 3.94. The molecule has 0 amide bonds. The Morgan fingerprint density at radius 3 is 2.74 bits per heavy atom. The molecule has 1 aromatic carbocycles. The van der Waals surface area contributed by atoms with Gasteiger partial charge in [0, 0.05) is 18.8 Å². The summed E-state index contributed by atoms with van der Waals surface area (Å²) < 4.78 is 43.0. The van der Waals surface area contributed by atoms with Gasteiger partial charge in [-0.3, -0.25) is 0 Å². The number of rotatable bonds is 6. The van der Waals surface area contributed by atoms with Crippen LogP contribution in [0.2, 0.25) is 0 Å². The number of sulfonamides is 1. The zero-order valence-corrected chi connectivity index (χ0v) is 13.6. The maximum atomic E-state index is 14.3. The van der Waals surface area contributed by atoms with Crippen molar-refractivity contribution >= 4 is 10.0 Å². The normalized spacial score (nSPS) is 16.5. The van der Waals surface area contributed by atoms with Crippen LogP contribution in [0.15, 0.2) is 35.5 Å². The number of nitrogens with one attached hydrogen (secondary N) is 1. The number of aryl methyl sites for hydroxylation is 1. The first kappa shape index (κ1) is 16.1. The van der Waals surface area contributed by atoms with Crippen LogP contribution < -0.4 is 10.5 Å². The molecule has 1 saturated carbocycles. The minimum Gasteiger partial charge on any atom is -0.329 e. The first-order chi connectivity index (χ1) is 10.9. The van der Waals surface area contributed by atoms with Crippen molar-refractivity contribution < 1.29 is 12.8 Å². The highest BCUT2D eigenvalue weighted by molar-refractivity contribution is 7.89. The van der Waals surface area contributed by atoms with Crippen LogP contribution in [0.25, 0.3) is 5.69 Å². The molecule has 23 heavy (non-hydrogen) atoms. The van der Waals surface area contributed by atoms with Crippen molar-refractivity contribution in [2.75, 3.05) is 6.54 Å². The quantitative estimate of drug-likeness (QED) is 0.831. The second kappa shape index (κ2) is 6.03. The summed E-state index contributed by atoms with van der Waals surface area (Å²) in [5.41, 5.74) is 6.71. The molecule has 2 aromatic rings. The largest absolute Gasteiger partial charge is 0.329 e. The Kier molecular flexibility index (Phi) is 4.22. The van der Waals surface area contributed by atoms with E-state index < -0.39 is 15.8 Å². The molecule has 1 atom stereocenters. The third kappa shape index (κ3) is 3.44. The Bertz CT molecular complexity index is 815. The van der Waals surface area contributed by atoms with E-state index in [1.807, 2.05) is 6.92 Å². The molecule has 8 heteroatoms. The lowest BCUT2D eigenvalue weighted by Crippen LogP contribution is -2.41. The molecule has 0 saturated heterocycles. The van der Waals surface area contributed by atoms with Gasteiger partial charge in [-0.1, -0.05) is 0 Å². The van der Waals surface area contributed by atoms with Gasteiger partial charge in [0.05, 0.1) is 11.1 Å². The predicted octanol–water partition coefficient (Wildman–Crippen LogP) is 1.34. The second-order valence-electron chi connectivity index (χ2n) is 5.88. The van der Waals surface area contributed by atoms with Gasteiger partial charge in [0.2, 0.25) is 10.0 Å². The number of hydrogen-bond acceptors (Lipinski definition) is 4. The highest BCUT2D eigenvalue weighted by atomic mass is 32.2. The molecule has 1 fully saturated rings. The van der Waals surface area contributed by atoms with Gasteiger partial charge in [-0.25, -0.2) is 22.2 Å². The van der Waals surface area contributed by atoms with E-state index in [2.05, 4.69) is 9.82 Å². The van der Waals surface area contributed by atoms with Crippen LogP contribution >= 0.6 is 0 Å². The van der Waals surface area contributed by atoms with E-state index in [4.69, 9.17) is 5.73 Å². The first-order valence-corrected chi connectivity index (χ1v) is 8.92. The number of benzene rings is 1. The molecule has 1 aromatic heterocycles. The van der Waals surface area contributed by atoms with Gasteiger partial charge in [0.15, 0.2) is 0 Å². The summed E-state index contributed by atoms with van der Waals surface area (Å²) in [6.45, 7) is 2.08. The second-order valence-corrected chi connectivity index (χ2v) is 7.59. The number of nitrogens with two attached hydrogens (primary N) is 1. The Balaban J connectivity index is 1.86. The Labute approximate surface area is 134 Å². The molecule has 6 nitrogen and oxygen atoms in total. The summed E-state index contributed by atoms with van der Waals surface area (Å²) in [5, 5.41) is 4.03. The molecule has 1 aliphatic carbocycles.